The first-order valence-corrected chi connectivity index (χ1v) is 17.4. The molecule has 1 saturated heterocycles. The lowest BCUT2D eigenvalue weighted by Crippen LogP contribution is -2.63. The number of thiol groups is 1. The van der Waals surface area contributed by atoms with Crippen LogP contribution in [0.5, 0.6) is 5.75 Å². The van der Waals surface area contributed by atoms with E-state index < -0.39 is 66.0 Å². The second kappa shape index (κ2) is 17.3. The number of fused-ring (bicyclic) bond motifs is 4. The van der Waals surface area contributed by atoms with Crippen LogP contribution in [0.4, 0.5) is 10.5 Å². The van der Waals surface area contributed by atoms with Crippen LogP contribution in [0.2, 0.25) is 5.02 Å². The van der Waals surface area contributed by atoms with Crippen LogP contribution < -0.4 is 15.0 Å². The van der Waals surface area contributed by atoms with Crippen molar-refractivity contribution in [2.45, 2.75) is 95.5 Å². The maximum Gasteiger partial charge on any atom is 0.409 e. The van der Waals surface area contributed by atoms with Crippen LogP contribution in [0.25, 0.3) is 0 Å². The number of aliphatic hydroxyl groups is 2. The average molecular weight is 740 g/mol. The number of nitrogens with zero attached hydrogens (tertiary/aromatic N) is 2. The molecule has 278 valence electrons. The van der Waals surface area contributed by atoms with Gasteiger partial charge in [-0.05, 0) is 63.0 Å². The summed E-state index contributed by atoms with van der Waals surface area (Å²) >= 11 is 10.8. The highest BCUT2D eigenvalue weighted by molar-refractivity contribution is 7.80. The molecule has 3 N–H and O–H groups in total. The van der Waals surface area contributed by atoms with Gasteiger partial charge in [0.05, 0.1) is 24.8 Å². The molecule has 1 unspecified atom stereocenters. The van der Waals surface area contributed by atoms with Crippen molar-refractivity contribution in [2.75, 3.05) is 39.0 Å². The molecule has 4 bridgehead atoms. The van der Waals surface area contributed by atoms with Gasteiger partial charge in [0.1, 0.15) is 35.1 Å². The molecule has 0 radical (unpaired) electrons. The second-order valence-corrected chi connectivity index (χ2v) is 14.2. The van der Waals surface area contributed by atoms with Crippen LogP contribution in [0, 0.1) is 5.92 Å². The van der Waals surface area contributed by atoms with Crippen LogP contribution >= 0.6 is 24.2 Å². The molecule has 50 heavy (non-hydrogen) atoms. The highest BCUT2D eigenvalue weighted by Gasteiger charge is 2.48. The standard InChI is InChI=1S/C35H50ClN3O10S/c1-20-10-9-11-27(47-8)35(45)19-26(48-33(43)37-35)21(2)18-34(4,44)28(49-32(42)22(3)38(5)29(40)12-13-50)17-30(41)39(6)24-15-23(14-20)16-25(46-7)31(24)36/h9-11,15-16,21-22,26-28,44-45,50H,12-14,17-19H2,1-8H3,(H,37,43)/b11-9+,20-10+/t21-,22-,26-,27+,28-,34?,35-/m0/s1. The van der Waals surface area contributed by atoms with Crippen molar-refractivity contribution in [3.63, 3.8) is 0 Å². The Hall–Kier alpha value is -3.30. The topological polar surface area (TPSA) is 164 Å². The molecule has 0 aromatic heterocycles. The van der Waals surface area contributed by atoms with E-state index in [1.807, 2.05) is 13.0 Å². The van der Waals surface area contributed by atoms with Crippen molar-refractivity contribution in [3.8, 4) is 5.75 Å². The van der Waals surface area contributed by atoms with Crippen LogP contribution in [-0.2, 0) is 35.0 Å². The molecule has 2 aliphatic heterocycles. The van der Waals surface area contributed by atoms with Gasteiger partial charge < -0.3 is 39.0 Å². The number of nitrogens with one attached hydrogen (secondary N) is 1. The molecule has 2 aliphatic rings. The second-order valence-electron chi connectivity index (χ2n) is 13.3. The molecule has 3 amide bonds. The smallest absolute Gasteiger partial charge is 0.409 e. The number of anilines is 1. The highest BCUT2D eigenvalue weighted by atomic mass is 35.5. The summed E-state index contributed by atoms with van der Waals surface area (Å²) in [4.78, 5) is 55.2. The summed E-state index contributed by atoms with van der Waals surface area (Å²) in [7, 11) is 5.84. The molecular formula is C35H50ClN3O10S. The number of methoxy groups -OCH3 is 2. The quantitative estimate of drug-likeness (QED) is 0.239. The highest BCUT2D eigenvalue weighted by Crippen LogP contribution is 2.38. The Bertz CT molecular complexity index is 1490. The molecule has 2 heterocycles. The fourth-order valence-corrected chi connectivity index (χ4v) is 6.64. The minimum Gasteiger partial charge on any atom is -0.495 e. The summed E-state index contributed by atoms with van der Waals surface area (Å²) in [5, 5.41) is 26.3. The third-order valence-corrected chi connectivity index (χ3v) is 9.93. The first-order valence-electron chi connectivity index (χ1n) is 16.4. The predicted molar refractivity (Wildman–Crippen MR) is 191 cm³/mol. The molecule has 1 aromatic carbocycles. The summed E-state index contributed by atoms with van der Waals surface area (Å²) in [6, 6.07) is 2.46. The fourth-order valence-electron chi connectivity index (χ4n) is 6.13. The summed E-state index contributed by atoms with van der Waals surface area (Å²) in [6.45, 7) is 6.51. The first kappa shape index (κ1) is 41.1. The van der Waals surface area contributed by atoms with Gasteiger partial charge in [-0.3, -0.25) is 14.9 Å². The van der Waals surface area contributed by atoms with Gasteiger partial charge in [0, 0.05) is 34.0 Å². The number of carbonyl (C=O) groups is 4. The van der Waals surface area contributed by atoms with Crippen molar-refractivity contribution in [3.05, 3.63) is 46.5 Å². The van der Waals surface area contributed by atoms with Gasteiger partial charge >= 0.3 is 12.1 Å². The molecule has 7 atom stereocenters. The largest absolute Gasteiger partial charge is 0.495 e. The Morgan fingerprint density at radius 3 is 2.54 bits per heavy atom. The van der Waals surface area contributed by atoms with E-state index in [9.17, 15) is 29.4 Å². The molecule has 0 spiro atoms. The number of benzene rings is 1. The summed E-state index contributed by atoms with van der Waals surface area (Å²) in [5.74, 6) is -1.71. The van der Waals surface area contributed by atoms with E-state index in [0.717, 1.165) is 11.1 Å². The average Bonchev–Trinajstić information content (AvgIpc) is 3.04. The zero-order valence-corrected chi connectivity index (χ0v) is 31.5. The minimum absolute atomic E-state index is 0.0960. The van der Waals surface area contributed by atoms with E-state index >= 15 is 0 Å². The van der Waals surface area contributed by atoms with Crippen LogP contribution in [0.15, 0.2) is 35.9 Å². The summed E-state index contributed by atoms with van der Waals surface area (Å²) in [5.41, 5.74) is -1.72. The number of rotatable bonds is 7. The number of ether oxygens (including phenoxy) is 4. The third kappa shape index (κ3) is 9.93. The zero-order valence-electron chi connectivity index (χ0n) is 29.9. The zero-order chi connectivity index (χ0) is 37.6. The first-order chi connectivity index (χ1) is 23.4. The molecular weight excluding hydrogens is 690 g/mol. The monoisotopic (exact) mass is 739 g/mol. The predicted octanol–water partition coefficient (Wildman–Crippen LogP) is 3.82. The Morgan fingerprint density at radius 2 is 1.92 bits per heavy atom. The van der Waals surface area contributed by atoms with Crippen molar-refractivity contribution in [1.29, 1.82) is 0 Å². The number of halogens is 1. The van der Waals surface area contributed by atoms with Crippen LogP contribution in [0.1, 0.15) is 58.9 Å². The van der Waals surface area contributed by atoms with E-state index in [2.05, 4.69) is 17.9 Å². The molecule has 0 aliphatic carbocycles. The van der Waals surface area contributed by atoms with E-state index in [4.69, 9.17) is 30.5 Å². The van der Waals surface area contributed by atoms with Crippen molar-refractivity contribution in [1.82, 2.24) is 10.2 Å². The normalized spacial score (nSPS) is 30.2. The lowest BCUT2D eigenvalue weighted by molar-refractivity contribution is -0.176. The third-order valence-electron chi connectivity index (χ3n) is 9.32. The van der Waals surface area contributed by atoms with Crippen LogP contribution in [0.3, 0.4) is 0 Å². The van der Waals surface area contributed by atoms with Gasteiger partial charge in [-0.2, -0.15) is 12.6 Å². The molecule has 1 aromatic rings. The van der Waals surface area contributed by atoms with E-state index in [0.29, 0.717) is 17.9 Å². The summed E-state index contributed by atoms with van der Waals surface area (Å²) < 4.78 is 22.5. The Kier molecular flexibility index (Phi) is 14.2. The van der Waals surface area contributed by atoms with Gasteiger partial charge in [-0.25, -0.2) is 9.59 Å². The Labute approximate surface area is 304 Å². The molecule has 3 rings (SSSR count). The minimum atomic E-state index is -1.87. The van der Waals surface area contributed by atoms with Crippen molar-refractivity contribution in [2.24, 2.45) is 5.92 Å². The van der Waals surface area contributed by atoms with Gasteiger partial charge in [0.15, 0.2) is 5.72 Å². The Balaban J connectivity index is 2.13. The van der Waals surface area contributed by atoms with Gasteiger partial charge in [-0.15, -0.1) is 0 Å². The SMILES string of the molecule is COc1cc2cc(c1Cl)N(C)C(=O)C[C@H](OC(=O)[C@H](C)N(C)C(=O)CCS)C(C)(O)C[C@H](C)[C@@H]1C[C@@](O)(NC(=O)O1)[C@H](OC)/C=C/C=C(\C)C2. The molecule has 15 heteroatoms. The van der Waals surface area contributed by atoms with Gasteiger partial charge in [0.2, 0.25) is 11.8 Å². The number of hydrogen-bond donors (Lipinski definition) is 4. The lowest BCUT2D eigenvalue weighted by atomic mass is 9.81. The number of esters is 1. The number of likely N-dealkylation sites (N-methyl/N-ethyl adjacent to an activating group) is 1. The summed E-state index contributed by atoms with van der Waals surface area (Å²) in [6.07, 6.45) is 0.817. The van der Waals surface area contributed by atoms with E-state index in [1.165, 1.54) is 52.0 Å². The van der Waals surface area contributed by atoms with Crippen molar-refractivity contribution < 1.29 is 48.3 Å². The van der Waals surface area contributed by atoms with Gasteiger partial charge in [-0.1, -0.05) is 42.3 Å². The lowest BCUT2D eigenvalue weighted by Gasteiger charge is -2.43. The molecule has 1 fully saturated rings. The number of amides is 3. The number of alkyl carbamates (subject to hydrolysis) is 1. The van der Waals surface area contributed by atoms with Crippen LogP contribution in [-0.4, -0.2) is 109 Å². The molecule has 13 nitrogen and oxygen atoms in total. The van der Waals surface area contributed by atoms with Gasteiger partial charge in [0.25, 0.3) is 0 Å². The molecule has 0 saturated carbocycles. The fraction of sp³-hybridized carbons (Fsp3) is 0.600. The van der Waals surface area contributed by atoms with Crippen molar-refractivity contribution >= 4 is 53.8 Å². The van der Waals surface area contributed by atoms with E-state index in [1.54, 1.807) is 31.2 Å². The Morgan fingerprint density at radius 1 is 1.24 bits per heavy atom. The number of hydrogen-bond acceptors (Lipinski definition) is 11. The maximum atomic E-state index is 14.0. The number of allylic oxidation sites excluding steroid dienone is 3. The number of carbonyl (C=O) groups excluding carboxylic acids is 4. The van der Waals surface area contributed by atoms with E-state index in [-0.39, 0.29) is 35.9 Å². The maximum absolute atomic E-state index is 14.0.